The minimum atomic E-state index is -0.774. The summed E-state index contributed by atoms with van der Waals surface area (Å²) in [5.74, 6) is 0. The molecule has 1 aliphatic carbocycles. The van der Waals surface area contributed by atoms with Crippen molar-refractivity contribution in [2.75, 3.05) is 11.9 Å². The Kier molecular flexibility index (Phi) is 4.83. The van der Waals surface area contributed by atoms with Crippen LogP contribution in [-0.4, -0.2) is 22.2 Å². The maximum Gasteiger partial charge on any atom is 0.293 e. The lowest BCUT2D eigenvalue weighted by atomic mass is 9.94. The number of nitro groups is 1. The zero-order valence-corrected chi connectivity index (χ0v) is 12.0. The van der Waals surface area contributed by atoms with Crippen LogP contribution in [0.15, 0.2) is 18.2 Å². The molecule has 110 valence electrons. The van der Waals surface area contributed by atoms with Crippen LogP contribution in [0.1, 0.15) is 38.5 Å². The molecule has 5 nitrogen and oxygen atoms in total. The van der Waals surface area contributed by atoms with Gasteiger partial charge in [-0.3, -0.25) is 10.1 Å². The molecule has 6 heteroatoms. The van der Waals surface area contributed by atoms with E-state index in [-0.39, 0.29) is 5.69 Å². The Morgan fingerprint density at radius 3 is 2.55 bits per heavy atom. The van der Waals surface area contributed by atoms with Crippen molar-refractivity contribution < 1.29 is 10.0 Å². The molecule has 0 atom stereocenters. The first-order valence-corrected chi connectivity index (χ1v) is 7.28. The summed E-state index contributed by atoms with van der Waals surface area (Å²) >= 11 is 5.78. The van der Waals surface area contributed by atoms with E-state index in [1.807, 2.05) is 0 Å². The summed E-state index contributed by atoms with van der Waals surface area (Å²) in [4.78, 5) is 10.5. The Labute approximate surface area is 123 Å². The van der Waals surface area contributed by atoms with Crippen molar-refractivity contribution in [3.05, 3.63) is 33.3 Å². The van der Waals surface area contributed by atoms with Crippen molar-refractivity contribution in [1.82, 2.24) is 0 Å². The van der Waals surface area contributed by atoms with Crippen molar-refractivity contribution in [2.45, 2.75) is 44.1 Å². The lowest BCUT2D eigenvalue weighted by Gasteiger charge is -2.27. The zero-order valence-electron chi connectivity index (χ0n) is 11.3. The quantitative estimate of drug-likeness (QED) is 0.504. The Balaban J connectivity index is 2.08. The number of nitrogens with one attached hydrogen (secondary N) is 1. The highest BCUT2D eigenvalue weighted by Crippen LogP contribution is 2.31. The fourth-order valence-electron chi connectivity index (χ4n) is 2.63. The van der Waals surface area contributed by atoms with Gasteiger partial charge in [-0.05, 0) is 25.0 Å². The largest absolute Gasteiger partial charge is 0.388 e. The predicted octanol–water partition coefficient (Wildman–Crippen LogP) is 3.75. The molecular formula is C14H19ClN2O3. The van der Waals surface area contributed by atoms with Gasteiger partial charge < -0.3 is 10.4 Å². The summed E-state index contributed by atoms with van der Waals surface area (Å²) in [5, 5.41) is 24.9. The van der Waals surface area contributed by atoms with Crippen molar-refractivity contribution in [3.63, 3.8) is 0 Å². The monoisotopic (exact) mass is 298 g/mol. The Hall–Kier alpha value is -1.33. The van der Waals surface area contributed by atoms with Gasteiger partial charge in [-0.1, -0.05) is 37.3 Å². The van der Waals surface area contributed by atoms with Gasteiger partial charge in [0.15, 0.2) is 0 Å². The van der Waals surface area contributed by atoms with Crippen LogP contribution >= 0.6 is 11.6 Å². The number of halogens is 1. The van der Waals surface area contributed by atoms with Crippen LogP contribution in [0.2, 0.25) is 5.02 Å². The van der Waals surface area contributed by atoms with Crippen LogP contribution in [0.25, 0.3) is 0 Å². The maximum absolute atomic E-state index is 11.0. The highest BCUT2D eigenvalue weighted by Gasteiger charge is 2.28. The minimum absolute atomic E-state index is 0.0604. The molecule has 0 aromatic heterocycles. The molecule has 1 saturated carbocycles. The number of nitro benzene ring substituents is 1. The molecule has 2 rings (SSSR count). The van der Waals surface area contributed by atoms with Crippen LogP contribution in [0, 0.1) is 10.1 Å². The fourth-order valence-corrected chi connectivity index (χ4v) is 2.79. The Bertz CT molecular complexity index is 485. The number of hydrogen-bond acceptors (Lipinski definition) is 4. The molecule has 0 unspecified atom stereocenters. The van der Waals surface area contributed by atoms with Crippen LogP contribution in [0.5, 0.6) is 0 Å². The van der Waals surface area contributed by atoms with Crippen LogP contribution in [0.3, 0.4) is 0 Å². The topological polar surface area (TPSA) is 75.4 Å². The first kappa shape index (κ1) is 15.1. The first-order chi connectivity index (χ1) is 9.50. The van der Waals surface area contributed by atoms with Crippen molar-refractivity contribution >= 4 is 23.0 Å². The molecule has 1 aromatic carbocycles. The normalized spacial score (nSPS) is 18.3. The molecule has 0 aliphatic heterocycles. The van der Waals surface area contributed by atoms with Crippen molar-refractivity contribution in [1.29, 1.82) is 0 Å². The van der Waals surface area contributed by atoms with Gasteiger partial charge in [0, 0.05) is 17.6 Å². The number of nitrogens with zero attached hydrogens (tertiary/aromatic N) is 1. The Morgan fingerprint density at radius 2 is 1.95 bits per heavy atom. The van der Waals surface area contributed by atoms with E-state index in [0.717, 1.165) is 38.5 Å². The molecule has 1 aliphatic rings. The second-order valence-corrected chi connectivity index (χ2v) is 5.85. The summed E-state index contributed by atoms with van der Waals surface area (Å²) in [5.41, 5.74) is -0.434. The molecular weight excluding hydrogens is 280 g/mol. The molecule has 0 saturated heterocycles. The van der Waals surface area contributed by atoms with Gasteiger partial charge >= 0.3 is 0 Å². The second kappa shape index (κ2) is 6.41. The first-order valence-electron chi connectivity index (χ1n) is 6.90. The average Bonchev–Trinajstić information content (AvgIpc) is 2.62. The summed E-state index contributed by atoms with van der Waals surface area (Å²) in [6.45, 7) is 0.329. The lowest BCUT2D eigenvalue weighted by Crippen LogP contribution is -2.36. The highest BCUT2D eigenvalue weighted by atomic mass is 35.5. The fraction of sp³-hybridized carbons (Fsp3) is 0.571. The van der Waals surface area contributed by atoms with Gasteiger partial charge in [0.1, 0.15) is 5.69 Å². The molecule has 1 aromatic rings. The molecule has 0 spiro atoms. The lowest BCUT2D eigenvalue weighted by molar-refractivity contribution is -0.384. The second-order valence-electron chi connectivity index (χ2n) is 5.41. The van der Waals surface area contributed by atoms with E-state index in [1.165, 1.54) is 6.07 Å². The van der Waals surface area contributed by atoms with Gasteiger partial charge in [0.2, 0.25) is 0 Å². The van der Waals surface area contributed by atoms with Crippen molar-refractivity contribution in [3.8, 4) is 0 Å². The molecule has 0 radical (unpaired) electrons. The minimum Gasteiger partial charge on any atom is -0.388 e. The van der Waals surface area contributed by atoms with E-state index in [2.05, 4.69) is 5.32 Å². The highest BCUT2D eigenvalue weighted by molar-refractivity contribution is 6.30. The van der Waals surface area contributed by atoms with E-state index >= 15 is 0 Å². The third-order valence-electron chi connectivity index (χ3n) is 3.80. The predicted molar refractivity (Wildman–Crippen MR) is 79.2 cm³/mol. The van der Waals surface area contributed by atoms with Gasteiger partial charge in [-0.15, -0.1) is 0 Å². The molecule has 0 bridgehead atoms. The van der Waals surface area contributed by atoms with E-state index in [9.17, 15) is 15.2 Å². The molecule has 2 N–H and O–H groups in total. The summed E-state index contributed by atoms with van der Waals surface area (Å²) < 4.78 is 0. The molecule has 0 amide bonds. The van der Waals surface area contributed by atoms with Crippen LogP contribution in [0.4, 0.5) is 11.4 Å². The van der Waals surface area contributed by atoms with Crippen LogP contribution in [-0.2, 0) is 0 Å². The summed E-state index contributed by atoms with van der Waals surface area (Å²) in [7, 11) is 0. The van der Waals surface area contributed by atoms with Crippen molar-refractivity contribution in [2.24, 2.45) is 0 Å². The van der Waals surface area contributed by atoms with Gasteiger partial charge in [0.05, 0.1) is 10.5 Å². The number of anilines is 1. The number of aliphatic hydroxyl groups is 1. The third kappa shape index (κ3) is 3.84. The van der Waals surface area contributed by atoms with Gasteiger partial charge in [0.25, 0.3) is 5.69 Å². The number of rotatable bonds is 4. The van der Waals surface area contributed by atoms with E-state index < -0.39 is 10.5 Å². The molecule has 20 heavy (non-hydrogen) atoms. The number of hydrogen-bond donors (Lipinski definition) is 2. The van der Waals surface area contributed by atoms with E-state index in [0.29, 0.717) is 17.3 Å². The summed E-state index contributed by atoms with van der Waals surface area (Å²) in [6, 6.07) is 4.51. The molecule has 1 fully saturated rings. The van der Waals surface area contributed by atoms with Gasteiger partial charge in [-0.2, -0.15) is 0 Å². The zero-order chi connectivity index (χ0) is 14.6. The van der Waals surface area contributed by atoms with Crippen LogP contribution < -0.4 is 5.32 Å². The number of benzene rings is 1. The standard InChI is InChI=1S/C14H19ClN2O3/c15-11-5-6-12(13(9-11)17(19)20)16-10-14(18)7-3-1-2-4-8-14/h5-6,9,16,18H,1-4,7-8,10H2. The Morgan fingerprint density at radius 1 is 1.30 bits per heavy atom. The SMILES string of the molecule is O=[N+]([O-])c1cc(Cl)ccc1NCC1(O)CCCCCC1. The summed E-state index contributed by atoms with van der Waals surface area (Å²) in [6.07, 6.45) is 5.76. The van der Waals surface area contributed by atoms with Gasteiger partial charge in [-0.25, -0.2) is 0 Å². The smallest absolute Gasteiger partial charge is 0.293 e. The average molecular weight is 299 g/mol. The van der Waals surface area contributed by atoms with E-state index in [1.54, 1.807) is 12.1 Å². The molecule has 0 heterocycles. The maximum atomic E-state index is 11.0. The third-order valence-corrected chi connectivity index (χ3v) is 4.03. The van der Waals surface area contributed by atoms with E-state index in [4.69, 9.17) is 11.6 Å².